The largest absolute Gasteiger partial charge is 0.497 e. The number of likely N-dealkylation sites (tertiary alicyclic amines) is 1. The molecule has 1 aliphatic rings. The lowest BCUT2D eigenvalue weighted by Crippen LogP contribution is -2.43. The van der Waals surface area contributed by atoms with E-state index in [0.29, 0.717) is 24.2 Å². The Morgan fingerprint density at radius 2 is 1.94 bits per heavy atom. The Morgan fingerprint density at radius 1 is 1.17 bits per heavy atom. The van der Waals surface area contributed by atoms with Crippen molar-refractivity contribution in [3.63, 3.8) is 0 Å². The number of halogens is 4. The van der Waals surface area contributed by atoms with Crippen molar-refractivity contribution in [3.05, 3.63) is 64.6 Å². The number of pyridine rings is 1. The number of fused-ring (bicyclic) bond motifs is 1. The Labute approximate surface area is 214 Å². The summed E-state index contributed by atoms with van der Waals surface area (Å²) < 4.78 is 45.9. The third-order valence-corrected chi connectivity index (χ3v) is 7.58. The summed E-state index contributed by atoms with van der Waals surface area (Å²) in [5, 5.41) is 14.6. The van der Waals surface area contributed by atoms with E-state index in [-0.39, 0.29) is 17.7 Å². The molecule has 1 aliphatic heterocycles. The molecule has 0 bridgehead atoms. The van der Waals surface area contributed by atoms with Crippen LogP contribution in [0.3, 0.4) is 0 Å². The fourth-order valence-corrected chi connectivity index (χ4v) is 5.24. The third kappa shape index (κ3) is 6.05. The number of hydrogen-bond donors (Lipinski definition) is 2. The van der Waals surface area contributed by atoms with Gasteiger partial charge in [-0.1, -0.05) is 11.6 Å². The van der Waals surface area contributed by atoms with E-state index < -0.39 is 17.5 Å². The zero-order valence-electron chi connectivity index (χ0n) is 20.3. The van der Waals surface area contributed by atoms with E-state index in [1.54, 1.807) is 13.3 Å². The number of anilines is 1. The average molecular weight is 522 g/mol. The predicted octanol–water partition coefficient (Wildman–Crippen LogP) is 5.82. The molecule has 2 heterocycles. The van der Waals surface area contributed by atoms with Crippen molar-refractivity contribution in [2.45, 2.75) is 32.1 Å². The maximum atomic E-state index is 13.8. The minimum Gasteiger partial charge on any atom is -0.497 e. The van der Waals surface area contributed by atoms with Crippen LogP contribution < -0.4 is 10.1 Å². The van der Waals surface area contributed by atoms with E-state index in [9.17, 15) is 18.3 Å². The molecule has 194 valence electrons. The summed E-state index contributed by atoms with van der Waals surface area (Å²) in [6.45, 7) is 2.67. The van der Waals surface area contributed by atoms with E-state index in [2.05, 4.69) is 15.2 Å². The number of aromatic nitrogens is 1. The molecule has 4 rings (SSSR count). The minimum atomic E-state index is -1.21. The van der Waals surface area contributed by atoms with Crippen LogP contribution in [-0.2, 0) is 6.42 Å². The molecule has 2 aromatic carbocycles. The molecular formula is C27H31ClF3N3O2. The van der Waals surface area contributed by atoms with Gasteiger partial charge in [0.2, 0.25) is 0 Å². The van der Waals surface area contributed by atoms with Crippen molar-refractivity contribution >= 4 is 28.2 Å². The fourth-order valence-electron chi connectivity index (χ4n) is 4.99. The molecule has 0 radical (unpaired) electrons. The van der Waals surface area contributed by atoms with Crippen LogP contribution >= 0.6 is 11.6 Å². The molecular weight excluding hydrogens is 491 g/mol. The summed E-state index contributed by atoms with van der Waals surface area (Å²) >= 11 is 6.50. The van der Waals surface area contributed by atoms with Crippen molar-refractivity contribution < 1.29 is 23.0 Å². The molecule has 36 heavy (non-hydrogen) atoms. The van der Waals surface area contributed by atoms with Crippen LogP contribution in [-0.4, -0.2) is 54.9 Å². The van der Waals surface area contributed by atoms with Crippen LogP contribution in [0.4, 0.5) is 18.9 Å². The van der Waals surface area contributed by atoms with E-state index in [4.69, 9.17) is 16.3 Å². The van der Waals surface area contributed by atoms with Crippen LogP contribution in [0, 0.1) is 22.9 Å². The quantitative estimate of drug-likeness (QED) is 0.329. The van der Waals surface area contributed by atoms with E-state index in [1.807, 2.05) is 18.2 Å². The van der Waals surface area contributed by atoms with Crippen LogP contribution in [0.1, 0.15) is 31.2 Å². The number of hydrogen-bond acceptors (Lipinski definition) is 5. The standard InChI is InChI=1S/C27H31ClF3N3O2/c1-36-19-4-5-24-21(15-19)20(22(28)16-33-24)3-2-6-27(17-35)7-10-34(11-8-27)12-9-32-25-14-18(29)13-23(30)26(25)31/h4-5,13-16,32,35H,2-3,6-12,17H2,1H3. The first-order valence-electron chi connectivity index (χ1n) is 12.2. The maximum Gasteiger partial charge on any atom is 0.182 e. The van der Waals surface area contributed by atoms with Gasteiger partial charge in [-0.3, -0.25) is 4.98 Å². The third-order valence-electron chi connectivity index (χ3n) is 7.26. The molecule has 1 fully saturated rings. The zero-order valence-corrected chi connectivity index (χ0v) is 21.1. The summed E-state index contributed by atoms with van der Waals surface area (Å²) in [6.07, 6.45) is 5.88. The summed E-state index contributed by atoms with van der Waals surface area (Å²) in [6, 6.07) is 7.25. The van der Waals surface area contributed by atoms with Gasteiger partial charge in [-0.2, -0.15) is 0 Å². The normalized spacial score (nSPS) is 15.8. The van der Waals surface area contributed by atoms with Crippen LogP contribution in [0.15, 0.2) is 36.5 Å². The molecule has 0 saturated carbocycles. The minimum absolute atomic E-state index is 0.117. The summed E-state index contributed by atoms with van der Waals surface area (Å²) in [5.41, 5.74) is 1.58. The predicted molar refractivity (Wildman–Crippen MR) is 136 cm³/mol. The van der Waals surface area contributed by atoms with Gasteiger partial charge in [0.1, 0.15) is 11.6 Å². The highest BCUT2D eigenvalue weighted by atomic mass is 35.5. The monoisotopic (exact) mass is 521 g/mol. The van der Waals surface area contributed by atoms with Crippen molar-refractivity contribution in [2.24, 2.45) is 5.41 Å². The molecule has 0 spiro atoms. The van der Waals surface area contributed by atoms with Gasteiger partial charge in [0, 0.05) is 43.4 Å². The molecule has 0 atom stereocenters. The number of aliphatic hydroxyl groups excluding tert-OH is 1. The van der Waals surface area contributed by atoms with E-state index in [0.717, 1.165) is 73.5 Å². The molecule has 1 aromatic heterocycles. The second-order valence-corrected chi connectivity index (χ2v) is 9.90. The highest BCUT2D eigenvalue weighted by Crippen LogP contribution is 2.37. The van der Waals surface area contributed by atoms with E-state index >= 15 is 0 Å². The number of nitrogens with one attached hydrogen (secondary N) is 1. The van der Waals surface area contributed by atoms with Gasteiger partial charge in [0.15, 0.2) is 11.6 Å². The van der Waals surface area contributed by atoms with Crippen LogP contribution in [0.25, 0.3) is 10.9 Å². The number of methoxy groups -OCH3 is 1. The first kappa shape index (κ1) is 26.5. The number of nitrogens with zero attached hydrogens (tertiary/aromatic N) is 2. The number of benzene rings is 2. The van der Waals surface area contributed by atoms with Gasteiger partial charge in [0.25, 0.3) is 0 Å². The van der Waals surface area contributed by atoms with Crippen LogP contribution in [0.2, 0.25) is 5.02 Å². The molecule has 0 aliphatic carbocycles. The van der Waals surface area contributed by atoms with Gasteiger partial charge in [-0.15, -0.1) is 0 Å². The maximum absolute atomic E-state index is 13.8. The van der Waals surface area contributed by atoms with Gasteiger partial charge in [-0.25, -0.2) is 13.2 Å². The number of rotatable bonds is 10. The lowest BCUT2D eigenvalue weighted by Gasteiger charge is -2.41. The zero-order chi connectivity index (χ0) is 25.7. The second-order valence-electron chi connectivity index (χ2n) is 9.50. The Balaban J connectivity index is 1.30. The van der Waals surface area contributed by atoms with Crippen LogP contribution in [0.5, 0.6) is 5.75 Å². The Kier molecular flexibility index (Phi) is 8.59. The van der Waals surface area contributed by atoms with Gasteiger partial charge >= 0.3 is 0 Å². The number of piperidine rings is 1. The highest BCUT2D eigenvalue weighted by molar-refractivity contribution is 6.32. The molecule has 2 N–H and O–H groups in total. The van der Waals surface area contributed by atoms with Crippen molar-refractivity contribution in [2.75, 3.05) is 45.2 Å². The second kappa shape index (κ2) is 11.7. The number of aryl methyl sites for hydroxylation is 1. The molecule has 1 saturated heterocycles. The molecule has 5 nitrogen and oxygen atoms in total. The molecule has 0 unspecified atom stereocenters. The topological polar surface area (TPSA) is 57.6 Å². The lowest BCUT2D eigenvalue weighted by molar-refractivity contribution is 0.0370. The fraction of sp³-hybridized carbons (Fsp3) is 0.444. The highest BCUT2D eigenvalue weighted by Gasteiger charge is 2.33. The lowest BCUT2D eigenvalue weighted by atomic mass is 9.75. The van der Waals surface area contributed by atoms with Gasteiger partial charge in [0.05, 0.1) is 23.3 Å². The van der Waals surface area contributed by atoms with Gasteiger partial charge in [-0.05, 0) is 74.4 Å². The summed E-state index contributed by atoms with van der Waals surface area (Å²) in [7, 11) is 1.63. The molecule has 0 amide bonds. The first-order valence-corrected chi connectivity index (χ1v) is 12.5. The summed E-state index contributed by atoms with van der Waals surface area (Å²) in [5.74, 6) is -2.34. The first-order chi connectivity index (χ1) is 17.3. The van der Waals surface area contributed by atoms with Crippen molar-refractivity contribution in [3.8, 4) is 5.75 Å². The number of aliphatic hydroxyl groups is 1. The van der Waals surface area contributed by atoms with Crippen molar-refractivity contribution in [1.29, 1.82) is 0 Å². The Hall–Kier alpha value is -2.55. The number of ether oxygens (including phenoxy) is 1. The Morgan fingerprint density at radius 3 is 2.67 bits per heavy atom. The SMILES string of the molecule is COc1ccc2ncc(Cl)c(CCCC3(CO)CCN(CCNc4cc(F)cc(F)c4F)CC3)c2c1. The molecule has 9 heteroatoms. The van der Waals surface area contributed by atoms with Crippen molar-refractivity contribution in [1.82, 2.24) is 9.88 Å². The molecule has 3 aromatic rings. The smallest absolute Gasteiger partial charge is 0.182 e. The average Bonchev–Trinajstić information content (AvgIpc) is 2.88. The van der Waals surface area contributed by atoms with E-state index in [1.165, 1.54) is 0 Å². The summed E-state index contributed by atoms with van der Waals surface area (Å²) in [4.78, 5) is 6.63. The van der Waals surface area contributed by atoms with Gasteiger partial charge < -0.3 is 20.1 Å². The Bertz CT molecular complexity index is 1200.